The fourth-order valence-electron chi connectivity index (χ4n) is 4.11. The third kappa shape index (κ3) is 3.14. The number of furan rings is 1. The zero-order valence-corrected chi connectivity index (χ0v) is 19.0. The lowest BCUT2D eigenvalue weighted by atomic mass is 10.1. The van der Waals surface area contributed by atoms with Gasteiger partial charge in [-0.2, -0.15) is 0 Å². The summed E-state index contributed by atoms with van der Waals surface area (Å²) in [6, 6.07) is 19.1. The van der Waals surface area contributed by atoms with E-state index >= 15 is 0 Å². The van der Waals surface area contributed by atoms with E-state index in [-0.39, 0.29) is 4.90 Å². The molecular weight excluding hydrogens is 442 g/mol. The maximum atomic E-state index is 13.8. The van der Waals surface area contributed by atoms with Crippen molar-refractivity contribution in [2.24, 2.45) is 0 Å². The molecule has 0 N–H and O–H groups in total. The van der Waals surface area contributed by atoms with E-state index in [0.29, 0.717) is 45.0 Å². The van der Waals surface area contributed by atoms with Crippen molar-refractivity contribution in [2.75, 3.05) is 21.3 Å². The van der Waals surface area contributed by atoms with E-state index < -0.39 is 10.0 Å². The van der Waals surface area contributed by atoms with Crippen molar-refractivity contribution in [3.05, 3.63) is 73.0 Å². The molecular formula is C25H21NO6S. The molecule has 5 aromatic rings. The van der Waals surface area contributed by atoms with Gasteiger partial charge >= 0.3 is 0 Å². The molecule has 0 aliphatic heterocycles. The molecule has 168 valence electrons. The van der Waals surface area contributed by atoms with Crippen LogP contribution in [-0.2, 0) is 10.0 Å². The summed E-state index contributed by atoms with van der Waals surface area (Å²) in [6.45, 7) is 0. The lowest BCUT2D eigenvalue weighted by molar-refractivity contribution is 0.324. The van der Waals surface area contributed by atoms with Gasteiger partial charge in [0.05, 0.1) is 31.7 Å². The number of ether oxygens (including phenoxy) is 3. The second-order valence-corrected chi connectivity index (χ2v) is 9.13. The molecule has 0 bridgehead atoms. The van der Waals surface area contributed by atoms with Gasteiger partial charge in [0, 0.05) is 16.3 Å². The first kappa shape index (κ1) is 21.0. The zero-order valence-electron chi connectivity index (χ0n) is 18.2. The molecule has 2 heterocycles. The maximum Gasteiger partial charge on any atom is 0.268 e. The first-order valence-electron chi connectivity index (χ1n) is 10.1. The summed E-state index contributed by atoms with van der Waals surface area (Å²) in [5.41, 5.74) is 1.59. The van der Waals surface area contributed by atoms with Crippen LogP contribution in [0.2, 0.25) is 0 Å². The van der Waals surface area contributed by atoms with E-state index in [1.807, 2.05) is 18.2 Å². The molecule has 0 unspecified atom stereocenters. The Hall–Kier alpha value is -3.91. The normalized spacial score (nSPS) is 11.7. The standard InChI is InChI=1S/C25H21NO6S/c1-29-21-13-16(14-22(30-2)25(21)31-3)24-23-19(15-32-24)18-11-7-8-12-20(18)26(23)33(27,28)17-9-5-4-6-10-17/h4-15H,1-3H3. The van der Waals surface area contributed by atoms with Crippen molar-refractivity contribution >= 4 is 31.8 Å². The number of fused-ring (bicyclic) bond motifs is 3. The van der Waals surface area contributed by atoms with Crippen LogP contribution in [0.25, 0.3) is 33.1 Å². The summed E-state index contributed by atoms with van der Waals surface area (Å²) in [5, 5.41) is 1.46. The average molecular weight is 464 g/mol. The molecule has 0 saturated heterocycles. The molecule has 0 aliphatic carbocycles. The van der Waals surface area contributed by atoms with Gasteiger partial charge < -0.3 is 18.6 Å². The molecule has 2 aromatic heterocycles. The molecule has 0 saturated carbocycles. The van der Waals surface area contributed by atoms with Gasteiger partial charge in [0.25, 0.3) is 10.0 Å². The highest BCUT2D eigenvalue weighted by Gasteiger charge is 2.28. The summed E-state index contributed by atoms with van der Waals surface area (Å²) in [4.78, 5) is 0.185. The summed E-state index contributed by atoms with van der Waals surface area (Å²) in [6.07, 6.45) is 1.58. The quantitative estimate of drug-likeness (QED) is 0.339. The first-order valence-corrected chi connectivity index (χ1v) is 11.6. The molecule has 0 amide bonds. The van der Waals surface area contributed by atoms with Gasteiger partial charge in [-0.1, -0.05) is 36.4 Å². The Labute approximate surface area is 190 Å². The third-order valence-corrected chi connectivity index (χ3v) is 7.32. The van der Waals surface area contributed by atoms with Gasteiger partial charge in [-0.25, -0.2) is 12.4 Å². The van der Waals surface area contributed by atoms with Crippen LogP contribution in [0.4, 0.5) is 0 Å². The number of hydrogen-bond donors (Lipinski definition) is 0. The molecule has 33 heavy (non-hydrogen) atoms. The van der Waals surface area contributed by atoms with Crippen LogP contribution in [0.15, 0.2) is 82.3 Å². The topological polar surface area (TPSA) is 79.9 Å². The molecule has 0 spiro atoms. The molecule has 7 nitrogen and oxygen atoms in total. The highest BCUT2D eigenvalue weighted by Crippen LogP contribution is 2.45. The Morgan fingerprint density at radius 2 is 1.42 bits per heavy atom. The van der Waals surface area contributed by atoms with Crippen molar-refractivity contribution in [3.63, 3.8) is 0 Å². The highest BCUT2D eigenvalue weighted by atomic mass is 32.2. The van der Waals surface area contributed by atoms with Gasteiger partial charge in [0.1, 0.15) is 11.8 Å². The van der Waals surface area contributed by atoms with Crippen molar-refractivity contribution in [1.82, 2.24) is 3.97 Å². The highest BCUT2D eigenvalue weighted by molar-refractivity contribution is 7.90. The van der Waals surface area contributed by atoms with Gasteiger partial charge in [-0.05, 0) is 30.3 Å². The Morgan fingerprint density at radius 1 is 0.788 bits per heavy atom. The van der Waals surface area contributed by atoms with E-state index in [9.17, 15) is 8.42 Å². The lowest BCUT2D eigenvalue weighted by Crippen LogP contribution is -2.12. The zero-order chi connectivity index (χ0) is 23.2. The smallest absolute Gasteiger partial charge is 0.268 e. The predicted octanol–water partition coefficient (Wildman–Crippen LogP) is 5.32. The molecule has 0 atom stereocenters. The maximum absolute atomic E-state index is 13.8. The molecule has 3 aromatic carbocycles. The van der Waals surface area contributed by atoms with Crippen LogP contribution in [0.3, 0.4) is 0 Å². The minimum Gasteiger partial charge on any atom is -0.493 e. The number of methoxy groups -OCH3 is 3. The molecule has 0 fully saturated rings. The molecule has 0 radical (unpaired) electrons. The van der Waals surface area contributed by atoms with Crippen LogP contribution in [0.5, 0.6) is 17.2 Å². The predicted molar refractivity (Wildman–Crippen MR) is 126 cm³/mol. The number of benzene rings is 3. The van der Waals surface area contributed by atoms with Gasteiger partial charge in [-0.15, -0.1) is 0 Å². The van der Waals surface area contributed by atoms with Gasteiger partial charge in [-0.3, -0.25) is 0 Å². The van der Waals surface area contributed by atoms with Crippen LogP contribution < -0.4 is 14.2 Å². The Morgan fingerprint density at radius 3 is 2.06 bits per heavy atom. The fourth-order valence-corrected chi connectivity index (χ4v) is 5.66. The molecule has 0 aliphatic rings. The monoisotopic (exact) mass is 463 g/mol. The average Bonchev–Trinajstić information content (AvgIpc) is 3.42. The lowest BCUT2D eigenvalue weighted by Gasteiger charge is -2.14. The van der Waals surface area contributed by atoms with E-state index in [2.05, 4.69) is 0 Å². The summed E-state index contributed by atoms with van der Waals surface area (Å²) in [7, 11) is 0.646. The van der Waals surface area contributed by atoms with Crippen LogP contribution >= 0.6 is 0 Å². The van der Waals surface area contributed by atoms with Crippen molar-refractivity contribution in [1.29, 1.82) is 0 Å². The van der Waals surface area contributed by atoms with Gasteiger partial charge in [0.2, 0.25) is 5.75 Å². The van der Waals surface area contributed by atoms with Crippen molar-refractivity contribution in [3.8, 4) is 28.6 Å². The fraction of sp³-hybridized carbons (Fsp3) is 0.120. The Balaban J connectivity index is 1.88. The first-order chi connectivity index (χ1) is 16.0. The van der Waals surface area contributed by atoms with Crippen LogP contribution in [-0.4, -0.2) is 33.7 Å². The van der Waals surface area contributed by atoms with E-state index in [1.54, 1.807) is 54.8 Å². The van der Waals surface area contributed by atoms with Crippen LogP contribution in [0, 0.1) is 0 Å². The minimum absolute atomic E-state index is 0.185. The molecule has 8 heteroatoms. The van der Waals surface area contributed by atoms with Crippen molar-refractivity contribution < 1.29 is 27.0 Å². The Bertz CT molecular complexity index is 1560. The number of rotatable bonds is 6. The summed E-state index contributed by atoms with van der Waals surface area (Å²) < 4.78 is 51.3. The van der Waals surface area contributed by atoms with E-state index in [0.717, 1.165) is 5.39 Å². The van der Waals surface area contributed by atoms with E-state index in [1.165, 1.54) is 25.3 Å². The minimum atomic E-state index is -3.92. The summed E-state index contributed by atoms with van der Waals surface area (Å²) in [5.74, 6) is 1.68. The third-order valence-electron chi connectivity index (χ3n) is 5.59. The van der Waals surface area contributed by atoms with Gasteiger partial charge in [0.15, 0.2) is 17.3 Å². The molecule has 5 rings (SSSR count). The number of aromatic nitrogens is 1. The largest absolute Gasteiger partial charge is 0.493 e. The van der Waals surface area contributed by atoms with E-state index in [4.69, 9.17) is 18.6 Å². The number of para-hydroxylation sites is 1. The van der Waals surface area contributed by atoms with Crippen LogP contribution in [0.1, 0.15) is 0 Å². The second kappa shape index (κ2) is 7.90. The number of hydrogen-bond acceptors (Lipinski definition) is 6. The Kier molecular flexibility index (Phi) is 5.02. The summed E-state index contributed by atoms with van der Waals surface area (Å²) >= 11 is 0. The number of nitrogens with zero attached hydrogens (tertiary/aromatic N) is 1. The van der Waals surface area contributed by atoms with Crippen molar-refractivity contribution in [2.45, 2.75) is 4.90 Å². The SMILES string of the molecule is COc1cc(-c2occ3c4ccccc4n(S(=O)(=O)c4ccccc4)c23)cc(OC)c1OC. The second-order valence-electron chi connectivity index (χ2n) is 7.34.